The van der Waals surface area contributed by atoms with Crippen LogP contribution in [0.3, 0.4) is 0 Å². The molecule has 1 saturated carbocycles. The summed E-state index contributed by atoms with van der Waals surface area (Å²) in [6.07, 6.45) is 5.93. The van der Waals surface area contributed by atoms with E-state index in [1.165, 1.54) is 19.3 Å². The summed E-state index contributed by atoms with van der Waals surface area (Å²) in [4.78, 5) is 0. The Morgan fingerprint density at radius 2 is 2.00 bits per heavy atom. The molecule has 0 spiro atoms. The van der Waals surface area contributed by atoms with Crippen LogP contribution in [0.15, 0.2) is 24.3 Å². The lowest BCUT2D eigenvalue weighted by Crippen LogP contribution is -2.29. The summed E-state index contributed by atoms with van der Waals surface area (Å²) in [5, 5.41) is 3.52. The van der Waals surface area contributed by atoms with Crippen molar-refractivity contribution in [1.82, 2.24) is 5.32 Å². The molecular weight excluding hydrogens is 213 g/mol. The van der Waals surface area contributed by atoms with Crippen molar-refractivity contribution in [3.8, 4) is 0 Å². The molecule has 2 heteroatoms. The van der Waals surface area contributed by atoms with Crippen LogP contribution in [0, 0.1) is 5.82 Å². The average molecular weight is 235 g/mol. The number of hydrogen-bond donors (Lipinski definition) is 1. The monoisotopic (exact) mass is 235 g/mol. The van der Waals surface area contributed by atoms with E-state index in [0.717, 1.165) is 24.9 Å². The van der Waals surface area contributed by atoms with Crippen molar-refractivity contribution >= 4 is 0 Å². The van der Waals surface area contributed by atoms with E-state index in [1.54, 1.807) is 12.1 Å². The van der Waals surface area contributed by atoms with Gasteiger partial charge in [0.1, 0.15) is 5.82 Å². The van der Waals surface area contributed by atoms with E-state index in [2.05, 4.69) is 12.2 Å². The van der Waals surface area contributed by atoms with Gasteiger partial charge in [-0.3, -0.25) is 0 Å². The first kappa shape index (κ1) is 12.6. The van der Waals surface area contributed by atoms with Gasteiger partial charge in [0.25, 0.3) is 0 Å². The third-order valence-electron chi connectivity index (χ3n) is 3.76. The van der Waals surface area contributed by atoms with Gasteiger partial charge in [0.05, 0.1) is 0 Å². The first-order chi connectivity index (χ1) is 8.31. The molecule has 1 aliphatic carbocycles. The molecule has 0 bridgehead atoms. The predicted molar refractivity (Wildman–Crippen MR) is 69.7 cm³/mol. The largest absolute Gasteiger partial charge is 0.314 e. The van der Waals surface area contributed by atoms with Crippen LogP contribution in [0.1, 0.15) is 50.5 Å². The Morgan fingerprint density at radius 1 is 1.24 bits per heavy atom. The smallest absolute Gasteiger partial charge is 0.126 e. The van der Waals surface area contributed by atoms with Gasteiger partial charge in [-0.05, 0) is 43.4 Å². The molecule has 0 radical (unpaired) electrons. The van der Waals surface area contributed by atoms with E-state index in [-0.39, 0.29) is 5.82 Å². The van der Waals surface area contributed by atoms with Gasteiger partial charge >= 0.3 is 0 Å². The molecule has 2 unspecified atom stereocenters. The summed E-state index contributed by atoms with van der Waals surface area (Å²) >= 11 is 0. The van der Waals surface area contributed by atoms with E-state index in [0.29, 0.717) is 12.0 Å². The number of rotatable bonds is 3. The quantitative estimate of drug-likeness (QED) is 0.785. The molecule has 2 rings (SSSR count). The van der Waals surface area contributed by atoms with Crippen LogP contribution in [-0.4, -0.2) is 12.6 Å². The van der Waals surface area contributed by atoms with Gasteiger partial charge in [-0.25, -0.2) is 4.39 Å². The number of nitrogens with one attached hydrogen (secondary N) is 1. The molecule has 0 saturated heterocycles. The van der Waals surface area contributed by atoms with Crippen LogP contribution >= 0.6 is 0 Å². The minimum absolute atomic E-state index is 0.0327. The van der Waals surface area contributed by atoms with Crippen molar-refractivity contribution in [3.05, 3.63) is 35.6 Å². The van der Waals surface area contributed by atoms with Gasteiger partial charge in [-0.2, -0.15) is 0 Å². The Hall–Kier alpha value is -0.890. The fourth-order valence-corrected chi connectivity index (χ4v) is 2.92. The highest BCUT2D eigenvalue weighted by Crippen LogP contribution is 2.33. The lowest BCUT2D eigenvalue weighted by Gasteiger charge is -2.21. The standard InChI is InChI=1S/C15H22FN/c1-2-17-13-8-4-3-7-12(11-13)14-9-5-6-10-15(14)16/h5-6,9-10,12-13,17H,2-4,7-8,11H2,1H3. The zero-order chi connectivity index (χ0) is 12.1. The second-order valence-corrected chi connectivity index (χ2v) is 4.99. The highest BCUT2D eigenvalue weighted by Gasteiger charge is 2.22. The van der Waals surface area contributed by atoms with E-state index < -0.39 is 0 Å². The minimum Gasteiger partial charge on any atom is -0.314 e. The fourth-order valence-electron chi connectivity index (χ4n) is 2.92. The molecule has 1 N–H and O–H groups in total. The number of halogens is 1. The van der Waals surface area contributed by atoms with Gasteiger partial charge in [-0.15, -0.1) is 0 Å². The molecule has 2 atom stereocenters. The second-order valence-electron chi connectivity index (χ2n) is 4.99. The van der Waals surface area contributed by atoms with Gasteiger partial charge in [0.15, 0.2) is 0 Å². The van der Waals surface area contributed by atoms with Gasteiger partial charge in [0, 0.05) is 6.04 Å². The summed E-state index contributed by atoms with van der Waals surface area (Å²) in [5.74, 6) is 0.359. The molecule has 0 amide bonds. The third-order valence-corrected chi connectivity index (χ3v) is 3.76. The van der Waals surface area contributed by atoms with Gasteiger partial charge < -0.3 is 5.32 Å². The zero-order valence-corrected chi connectivity index (χ0v) is 10.6. The van der Waals surface area contributed by atoms with E-state index in [4.69, 9.17) is 0 Å². The lowest BCUT2D eigenvalue weighted by atomic mass is 9.90. The van der Waals surface area contributed by atoms with E-state index in [1.807, 2.05) is 12.1 Å². The Kier molecular flexibility index (Phi) is 4.55. The van der Waals surface area contributed by atoms with Crippen LogP contribution in [0.25, 0.3) is 0 Å². The zero-order valence-electron chi connectivity index (χ0n) is 10.6. The third kappa shape index (κ3) is 3.29. The molecule has 1 fully saturated rings. The van der Waals surface area contributed by atoms with Crippen molar-refractivity contribution < 1.29 is 4.39 Å². The molecule has 1 aliphatic rings. The molecule has 94 valence electrons. The SMILES string of the molecule is CCNC1CCCCC(c2ccccc2F)C1. The van der Waals surface area contributed by atoms with Crippen LogP contribution < -0.4 is 5.32 Å². The second kappa shape index (κ2) is 6.15. The molecular formula is C15H22FN. The summed E-state index contributed by atoms with van der Waals surface area (Å²) in [6, 6.07) is 7.83. The maximum absolute atomic E-state index is 13.8. The number of benzene rings is 1. The minimum atomic E-state index is -0.0327. The molecule has 1 aromatic rings. The predicted octanol–water partition coefficient (Wildman–Crippen LogP) is 3.85. The first-order valence-electron chi connectivity index (χ1n) is 6.79. The average Bonchev–Trinajstić information content (AvgIpc) is 2.56. The first-order valence-corrected chi connectivity index (χ1v) is 6.79. The normalized spacial score (nSPS) is 25.5. The summed E-state index contributed by atoms with van der Waals surface area (Å²) < 4.78 is 13.8. The van der Waals surface area contributed by atoms with Gasteiger partial charge in [0.2, 0.25) is 0 Å². The highest BCUT2D eigenvalue weighted by atomic mass is 19.1. The summed E-state index contributed by atoms with van der Waals surface area (Å²) in [5.41, 5.74) is 0.914. The Balaban J connectivity index is 2.11. The highest BCUT2D eigenvalue weighted by molar-refractivity contribution is 5.22. The Labute approximate surface area is 103 Å². The van der Waals surface area contributed by atoms with E-state index >= 15 is 0 Å². The maximum atomic E-state index is 13.8. The van der Waals surface area contributed by atoms with Gasteiger partial charge in [-0.1, -0.05) is 38.0 Å². The molecule has 1 aromatic carbocycles. The molecule has 17 heavy (non-hydrogen) atoms. The van der Waals surface area contributed by atoms with Crippen LogP contribution in [-0.2, 0) is 0 Å². The maximum Gasteiger partial charge on any atom is 0.126 e. The van der Waals surface area contributed by atoms with E-state index in [9.17, 15) is 4.39 Å². The Morgan fingerprint density at radius 3 is 2.76 bits per heavy atom. The summed E-state index contributed by atoms with van der Waals surface area (Å²) in [7, 11) is 0. The molecule has 0 aromatic heterocycles. The Bertz CT molecular complexity index is 351. The van der Waals surface area contributed by atoms with Crippen LogP contribution in [0.4, 0.5) is 4.39 Å². The number of hydrogen-bond acceptors (Lipinski definition) is 1. The van der Waals surface area contributed by atoms with Crippen molar-refractivity contribution in [3.63, 3.8) is 0 Å². The lowest BCUT2D eigenvalue weighted by molar-refractivity contribution is 0.441. The summed E-state index contributed by atoms with van der Waals surface area (Å²) in [6.45, 7) is 3.15. The van der Waals surface area contributed by atoms with Crippen molar-refractivity contribution in [2.75, 3.05) is 6.54 Å². The fraction of sp³-hybridized carbons (Fsp3) is 0.600. The van der Waals surface area contributed by atoms with Crippen molar-refractivity contribution in [1.29, 1.82) is 0 Å². The topological polar surface area (TPSA) is 12.0 Å². The van der Waals surface area contributed by atoms with Crippen molar-refractivity contribution in [2.45, 2.75) is 51.0 Å². The molecule has 0 heterocycles. The van der Waals surface area contributed by atoms with Crippen LogP contribution in [0.2, 0.25) is 0 Å². The molecule has 0 aliphatic heterocycles. The van der Waals surface area contributed by atoms with Crippen LogP contribution in [0.5, 0.6) is 0 Å². The van der Waals surface area contributed by atoms with Crippen molar-refractivity contribution in [2.24, 2.45) is 0 Å². The molecule has 1 nitrogen and oxygen atoms in total.